The number of likely N-dealkylation sites (N-methyl/N-ethyl adjacent to an activating group) is 1. The van der Waals surface area contributed by atoms with Gasteiger partial charge in [-0.3, -0.25) is 4.99 Å². The maximum Gasteiger partial charge on any atom is 0.191 e. The molecule has 2 rings (SSSR count). The summed E-state index contributed by atoms with van der Waals surface area (Å²) >= 11 is 0. The number of nitrogens with zero attached hydrogens (tertiary/aromatic N) is 2. The Labute approximate surface area is 145 Å². The van der Waals surface area contributed by atoms with Crippen molar-refractivity contribution in [2.75, 3.05) is 33.2 Å². The van der Waals surface area contributed by atoms with Gasteiger partial charge in [-0.15, -0.1) is 0 Å². The maximum atomic E-state index is 4.66. The molecule has 0 saturated heterocycles. The van der Waals surface area contributed by atoms with Crippen molar-refractivity contribution in [1.29, 1.82) is 0 Å². The summed E-state index contributed by atoms with van der Waals surface area (Å²) in [5.41, 5.74) is 2.54. The van der Waals surface area contributed by atoms with Crippen molar-refractivity contribution in [1.82, 2.24) is 20.5 Å². The van der Waals surface area contributed by atoms with Crippen LogP contribution in [0.3, 0.4) is 0 Å². The van der Waals surface area contributed by atoms with Crippen molar-refractivity contribution in [2.24, 2.45) is 4.99 Å². The first-order chi connectivity index (χ1) is 11.6. The lowest BCUT2D eigenvalue weighted by Crippen LogP contribution is -2.39. The summed E-state index contributed by atoms with van der Waals surface area (Å²) in [7, 11) is 2.14. The van der Waals surface area contributed by atoms with E-state index in [2.05, 4.69) is 83.8 Å². The van der Waals surface area contributed by atoms with Crippen LogP contribution < -0.4 is 10.6 Å². The number of para-hydroxylation sites is 1. The molecule has 0 fully saturated rings. The maximum absolute atomic E-state index is 4.66. The first kappa shape index (κ1) is 18.3. The summed E-state index contributed by atoms with van der Waals surface area (Å²) in [6.07, 6.45) is 3.08. The molecule has 2 aromatic rings. The van der Waals surface area contributed by atoms with E-state index < -0.39 is 0 Å². The third-order valence-corrected chi connectivity index (χ3v) is 4.31. The topological polar surface area (TPSA) is 55.5 Å². The van der Waals surface area contributed by atoms with Crippen molar-refractivity contribution < 1.29 is 0 Å². The van der Waals surface area contributed by atoms with Crippen molar-refractivity contribution >= 4 is 16.9 Å². The van der Waals surface area contributed by atoms with Gasteiger partial charge >= 0.3 is 0 Å². The van der Waals surface area contributed by atoms with Gasteiger partial charge in [-0.1, -0.05) is 18.2 Å². The van der Waals surface area contributed by atoms with Crippen molar-refractivity contribution in [3.63, 3.8) is 0 Å². The van der Waals surface area contributed by atoms with Crippen LogP contribution in [0.4, 0.5) is 0 Å². The highest BCUT2D eigenvalue weighted by Gasteiger charge is 2.04. The number of aromatic amines is 1. The number of H-pyrrole nitrogens is 1. The zero-order valence-electron chi connectivity index (χ0n) is 15.4. The van der Waals surface area contributed by atoms with Crippen LogP contribution in [0.25, 0.3) is 10.9 Å². The Bertz CT molecular complexity index is 644. The van der Waals surface area contributed by atoms with Crippen LogP contribution in [0.5, 0.6) is 0 Å². The summed E-state index contributed by atoms with van der Waals surface area (Å²) < 4.78 is 0. The average Bonchev–Trinajstić information content (AvgIpc) is 2.98. The average molecular weight is 329 g/mol. The number of guanidine groups is 1. The predicted molar refractivity (Wildman–Crippen MR) is 104 cm³/mol. The summed E-state index contributed by atoms with van der Waals surface area (Å²) in [6, 6.07) is 8.98. The van der Waals surface area contributed by atoms with E-state index in [1.54, 1.807) is 0 Å². The van der Waals surface area contributed by atoms with E-state index in [0.29, 0.717) is 6.04 Å². The zero-order valence-corrected chi connectivity index (χ0v) is 15.4. The first-order valence-electron chi connectivity index (χ1n) is 8.89. The van der Waals surface area contributed by atoms with Gasteiger partial charge in [0, 0.05) is 42.8 Å². The SMILES string of the molecule is CCNC(=NCCN(C)C(C)C)NCCc1c[nH]c2ccccc12. The smallest absolute Gasteiger partial charge is 0.191 e. The number of fused-ring (bicyclic) bond motifs is 1. The molecule has 3 N–H and O–H groups in total. The normalized spacial score (nSPS) is 12.3. The third-order valence-electron chi connectivity index (χ3n) is 4.31. The van der Waals surface area contributed by atoms with E-state index in [-0.39, 0.29) is 0 Å². The molecule has 0 spiro atoms. The fourth-order valence-electron chi connectivity index (χ4n) is 2.57. The zero-order chi connectivity index (χ0) is 17.4. The van der Waals surface area contributed by atoms with Gasteiger partial charge in [0.05, 0.1) is 6.54 Å². The van der Waals surface area contributed by atoms with Gasteiger partial charge in [-0.2, -0.15) is 0 Å². The summed E-state index contributed by atoms with van der Waals surface area (Å²) in [5, 5.41) is 8.05. The standard InChI is InChI=1S/C19H31N5/c1-5-20-19(22-12-13-24(4)15(2)3)21-11-10-16-14-23-18-9-7-6-8-17(16)18/h6-9,14-15,23H,5,10-13H2,1-4H3,(H2,20,21,22). The van der Waals surface area contributed by atoms with E-state index in [1.807, 2.05) is 0 Å². The Morgan fingerprint density at radius 3 is 2.79 bits per heavy atom. The lowest BCUT2D eigenvalue weighted by molar-refractivity contribution is 0.282. The van der Waals surface area contributed by atoms with Crippen LogP contribution in [0, 0.1) is 0 Å². The van der Waals surface area contributed by atoms with Crippen LogP contribution in [-0.4, -0.2) is 55.1 Å². The molecule has 24 heavy (non-hydrogen) atoms. The van der Waals surface area contributed by atoms with E-state index in [9.17, 15) is 0 Å². The predicted octanol–water partition coefficient (Wildman–Crippen LogP) is 2.61. The fourth-order valence-corrected chi connectivity index (χ4v) is 2.57. The van der Waals surface area contributed by atoms with Crippen molar-refractivity contribution in [3.8, 4) is 0 Å². The second kappa shape index (κ2) is 9.33. The molecule has 1 aromatic carbocycles. The molecule has 0 amide bonds. The molecule has 0 unspecified atom stereocenters. The number of aromatic nitrogens is 1. The molecular weight excluding hydrogens is 298 g/mol. The number of nitrogens with one attached hydrogen (secondary N) is 3. The molecule has 5 nitrogen and oxygen atoms in total. The molecule has 1 heterocycles. The Morgan fingerprint density at radius 1 is 1.25 bits per heavy atom. The van der Waals surface area contributed by atoms with Gasteiger partial charge < -0.3 is 20.5 Å². The van der Waals surface area contributed by atoms with Crippen molar-refractivity contribution in [2.45, 2.75) is 33.2 Å². The van der Waals surface area contributed by atoms with Crippen LogP contribution in [0.1, 0.15) is 26.3 Å². The van der Waals surface area contributed by atoms with E-state index in [4.69, 9.17) is 0 Å². The molecule has 5 heteroatoms. The molecular formula is C19H31N5. The highest BCUT2D eigenvalue weighted by molar-refractivity contribution is 5.83. The van der Waals surface area contributed by atoms with Gasteiger partial charge in [-0.25, -0.2) is 0 Å². The molecule has 0 saturated carbocycles. The first-order valence-corrected chi connectivity index (χ1v) is 8.89. The van der Waals surface area contributed by atoms with E-state index >= 15 is 0 Å². The highest BCUT2D eigenvalue weighted by atomic mass is 15.2. The van der Waals surface area contributed by atoms with Crippen LogP contribution >= 0.6 is 0 Å². The Hall–Kier alpha value is -2.01. The number of hydrogen-bond acceptors (Lipinski definition) is 2. The summed E-state index contributed by atoms with van der Waals surface area (Å²) in [4.78, 5) is 10.3. The van der Waals surface area contributed by atoms with Crippen LogP contribution in [0.15, 0.2) is 35.5 Å². The fraction of sp³-hybridized carbons (Fsp3) is 0.526. The second-order valence-electron chi connectivity index (χ2n) is 6.37. The molecule has 0 bridgehead atoms. The van der Waals surface area contributed by atoms with E-state index in [0.717, 1.165) is 38.6 Å². The number of rotatable bonds is 8. The molecule has 132 valence electrons. The monoisotopic (exact) mass is 329 g/mol. The molecule has 0 aliphatic carbocycles. The number of benzene rings is 1. The van der Waals surface area contributed by atoms with Gasteiger partial charge in [0.1, 0.15) is 0 Å². The van der Waals surface area contributed by atoms with Crippen molar-refractivity contribution in [3.05, 3.63) is 36.0 Å². The van der Waals surface area contributed by atoms with Crippen LogP contribution in [-0.2, 0) is 6.42 Å². The largest absolute Gasteiger partial charge is 0.361 e. The van der Waals surface area contributed by atoms with Crippen LogP contribution in [0.2, 0.25) is 0 Å². The summed E-state index contributed by atoms with van der Waals surface area (Å²) in [5.74, 6) is 0.898. The number of aliphatic imine (C=N–C) groups is 1. The highest BCUT2D eigenvalue weighted by Crippen LogP contribution is 2.17. The number of hydrogen-bond donors (Lipinski definition) is 3. The molecule has 0 aliphatic rings. The minimum Gasteiger partial charge on any atom is -0.361 e. The Morgan fingerprint density at radius 2 is 2.04 bits per heavy atom. The second-order valence-corrected chi connectivity index (χ2v) is 6.37. The van der Waals surface area contributed by atoms with Gasteiger partial charge in [0.2, 0.25) is 0 Å². The minimum absolute atomic E-state index is 0.553. The van der Waals surface area contributed by atoms with Gasteiger partial charge in [0.25, 0.3) is 0 Å². The Kier molecular flexibility index (Phi) is 7.12. The Balaban J connectivity index is 1.84. The van der Waals surface area contributed by atoms with Gasteiger partial charge in [0.15, 0.2) is 5.96 Å². The van der Waals surface area contributed by atoms with Gasteiger partial charge in [-0.05, 0) is 45.9 Å². The quantitative estimate of drug-likeness (QED) is 0.515. The lowest BCUT2D eigenvalue weighted by Gasteiger charge is -2.20. The summed E-state index contributed by atoms with van der Waals surface area (Å²) in [6.45, 7) is 10.0. The molecule has 0 radical (unpaired) electrons. The van der Waals surface area contributed by atoms with E-state index in [1.165, 1.54) is 16.5 Å². The third kappa shape index (κ3) is 5.27. The lowest BCUT2D eigenvalue weighted by atomic mass is 10.1. The molecule has 0 atom stereocenters. The molecule has 1 aromatic heterocycles. The minimum atomic E-state index is 0.553. The molecule has 0 aliphatic heterocycles.